The summed E-state index contributed by atoms with van der Waals surface area (Å²) in [5.74, 6) is 0.957. The van der Waals surface area contributed by atoms with Crippen molar-refractivity contribution in [3.8, 4) is 11.5 Å². The smallest absolute Gasteiger partial charge is 0.329 e. The zero-order chi connectivity index (χ0) is 18.1. The van der Waals surface area contributed by atoms with Gasteiger partial charge in [-0.2, -0.15) is 0 Å². The number of imide groups is 1. The molecule has 2 aliphatic rings. The lowest BCUT2D eigenvalue weighted by molar-refractivity contribution is -0.123. The summed E-state index contributed by atoms with van der Waals surface area (Å²) in [4.78, 5) is 26.0. The minimum absolute atomic E-state index is 0.219. The lowest BCUT2D eigenvalue weighted by atomic mass is 10.1. The molecule has 2 aromatic rings. The van der Waals surface area contributed by atoms with Crippen LogP contribution in [0, 0.1) is 0 Å². The number of halogens is 1. The molecule has 1 N–H and O–H groups in total. The third kappa shape index (κ3) is 3.30. The predicted molar refractivity (Wildman–Crippen MR) is 98.6 cm³/mol. The number of hydrogen-bond donors (Lipinski definition) is 1. The van der Waals surface area contributed by atoms with Crippen molar-refractivity contribution in [1.82, 2.24) is 10.2 Å². The van der Waals surface area contributed by atoms with Crippen LogP contribution in [0.15, 0.2) is 52.6 Å². The Hall–Kier alpha value is -2.80. The fourth-order valence-electron chi connectivity index (χ4n) is 2.80. The van der Waals surface area contributed by atoms with Crippen LogP contribution in [-0.2, 0) is 11.3 Å². The van der Waals surface area contributed by atoms with Gasteiger partial charge in [0.05, 0.1) is 6.54 Å². The molecule has 2 heterocycles. The summed E-state index contributed by atoms with van der Waals surface area (Å²) >= 11 is 3.37. The minimum atomic E-state index is -0.429. The van der Waals surface area contributed by atoms with Gasteiger partial charge in [-0.3, -0.25) is 9.69 Å². The second-order valence-electron chi connectivity index (χ2n) is 5.91. The molecule has 0 saturated carbocycles. The van der Waals surface area contributed by atoms with Gasteiger partial charge in [-0.15, -0.1) is 0 Å². The van der Waals surface area contributed by atoms with Crippen molar-refractivity contribution < 1.29 is 19.1 Å². The Morgan fingerprint density at radius 1 is 1.04 bits per heavy atom. The number of nitrogens with zero attached hydrogens (tertiary/aromatic N) is 1. The molecule has 26 heavy (non-hydrogen) atoms. The number of carbonyl (C=O) groups excluding carboxylic acids is 2. The van der Waals surface area contributed by atoms with Crippen LogP contribution in [0.1, 0.15) is 11.1 Å². The Morgan fingerprint density at radius 3 is 2.54 bits per heavy atom. The SMILES string of the molecule is O=C1N/C(=C/c2ccc3c(c2)OCCO3)C(=O)N1Cc1ccc(Br)cc1. The number of hydrogen-bond acceptors (Lipinski definition) is 4. The Balaban J connectivity index is 1.54. The summed E-state index contributed by atoms with van der Waals surface area (Å²) in [5.41, 5.74) is 1.87. The normalized spacial score (nSPS) is 17.6. The van der Waals surface area contributed by atoms with Gasteiger partial charge >= 0.3 is 6.03 Å². The molecule has 7 heteroatoms. The highest BCUT2D eigenvalue weighted by atomic mass is 79.9. The molecule has 3 amide bonds. The number of carbonyl (C=O) groups is 2. The van der Waals surface area contributed by atoms with E-state index >= 15 is 0 Å². The van der Waals surface area contributed by atoms with Crippen molar-refractivity contribution >= 4 is 33.9 Å². The van der Waals surface area contributed by atoms with Gasteiger partial charge < -0.3 is 14.8 Å². The molecule has 0 unspecified atom stereocenters. The van der Waals surface area contributed by atoms with Crippen molar-refractivity contribution in [1.29, 1.82) is 0 Å². The summed E-state index contributed by atoms with van der Waals surface area (Å²) in [6, 6.07) is 12.5. The maximum absolute atomic E-state index is 12.6. The quantitative estimate of drug-likeness (QED) is 0.617. The third-order valence-electron chi connectivity index (χ3n) is 4.09. The molecular formula is C19H15BrN2O4. The molecule has 0 aliphatic carbocycles. The molecular weight excluding hydrogens is 400 g/mol. The fourth-order valence-corrected chi connectivity index (χ4v) is 3.07. The van der Waals surface area contributed by atoms with Crippen molar-refractivity contribution in [3.05, 3.63) is 63.8 Å². The van der Waals surface area contributed by atoms with E-state index < -0.39 is 6.03 Å². The van der Waals surface area contributed by atoms with Gasteiger partial charge in [-0.05, 0) is 41.5 Å². The highest BCUT2D eigenvalue weighted by molar-refractivity contribution is 9.10. The molecule has 6 nitrogen and oxygen atoms in total. The number of nitrogens with one attached hydrogen (secondary N) is 1. The largest absolute Gasteiger partial charge is 0.486 e. The highest BCUT2D eigenvalue weighted by Gasteiger charge is 2.33. The molecule has 1 fully saturated rings. The zero-order valence-corrected chi connectivity index (χ0v) is 15.3. The van der Waals surface area contributed by atoms with Crippen LogP contribution in [0.25, 0.3) is 6.08 Å². The number of urea groups is 1. The van der Waals surface area contributed by atoms with Crippen LogP contribution < -0.4 is 14.8 Å². The van der Waals surface area contributed by atoms with E-state index in [4.69, 9.17) is 9.47 Å². The molecule has 0 spiro atoms. The number of fused-ring (bicyclic) bond motifs is 1. The molecule has 2 aromatic carbocycles. The van der Waals surface area contributed by atoms with E-state index in [0.717, 1.165) is 15.6 Å². The Labute approximate surface area is 158 Å². The van der Waals surface area contributed by atoms with E-state index in [2.05, 4.69) is 21.2 Å². The average Bonchev–Trinajstić information content (AvgIpc) is 2.91. The van der Waals surface area contributed by atoms with Crippen LogP contribution in [0.5, 0.6) is 11.5 Å². The molecule has 0 bridgehead atoms. The molecule has 0 aromatic heterocycles. The molecule has 1 saturated heterocycles. The van der Waals surface area contributed by atoms with Crippen molar-refractivity contribution in [2.45, 2.75) is 6.54 Å². The fraction of sp³-hybridized carbons (Fsp3) is 0.158. The van der Waals surface area contributed by atoms with E-state index in [0.29, 0.717) is 24.7 Å². The Kier molecular flexibility index (Phi) is 4.38. The number of rotatable bonds is 3. The first-order valence-corrected chi connectivity index (χ1v) is 8.88. The van der Waals surface area contributed by atoms with Gasteiger partial charge in [-0.1, -0.05) is 34.1 Å². The molecule has 2 aliphatic heterocycles. The second-order valence-corrected chi connectivity index (χ2v) is 6.82. The number of amides is 3. The van der Waals surface area contributed by atoms with Gasteiger partial charge in [0.2, 0.25) is 0 Å². The third-order valence-corrected chi connectivity index (χ3v) is 4.62. The summed E-state index contributed by atoms with van der Waals surface area (Å²) < 4.78 is 12.0. The van der Waals surface area contributed by atoms with E-state index in [-0.39, 0.29) is 18.1 Å². The number of benzene rings is 2. The van der Waals surface area contributed by atoms with Crippen LogP contribution >= 0.6 is 15.9 Å². The summed E-state index contributed by atoms with van der Waals surface area (Å²) in [7, 11) is 0. The first-order valence-electron chi connectivity index (χ1n) is 8.09. The summed E-state index contributed by atoms with van der Waals surface area (Å²) in [5, 5.41) is 2.63. The van der Waals surface area contributed by atoms with Gasteiger partial charge in [-0.25, -0.2) is 4.79 Å². The minimum Gasteiger partial charge on any atom is -0.486 e. The van der Waals surface area contributed by atoms with Crippen LogP contribution in [-0.4, -0.2) is 30.1 Å². The monoisotopic (exact) mass is 414 g/mol. The van der Waals surface area contributed by atoms with Crippen LogP contribution in [0.4, 0.5) is 4.79 Å². The van der Waals surface area contributed by atoms with E-state index in [1.807, 2.05) is 30.3 Å². The lowest BCUT2D eigenvalue weighted by Gasteiger charge is -2.18. The zero-order valence-electron chi connectivity index (χ0n) is 13.7. The summed E-state index contributed by atoms with van der Waals surface area (Å²) in [6.45, 7) is 1.23. The molecule has 0 radical (unpaired) electrons. The molecule has 132 valence electrons. The van der Waals surface area contributed by atoms with Crippen LogP contribution in [0.2, 0.25) is 0 Å². The van der Waals surface area contributed by atoms with E-state index in [1.165, 1.54) is 4.90 Å². The first kappa shape index (κ1) is 16.7. The van der Waals surface area contributed by atoms with Crippen LogP contribution in [0.3, 0.4) is 0 Å². The average molecular weight is 415 g/mol. The summed E-state index contributed by atoms with van der Waals surface area (Å²) in [6.07, 6.45) is 1.64. The standard InChI is InChI=1S/C19H15BrN2O4/c20-14-4-1-12(2-5-14)11-22-18(23)15(21-19(22)24)9-13-3-6-16-17(10-13)26-8-7-25-16/h1-6,9-10H,7-8,11H2,(H,21,24)/b15-9+. The van der Waals surface area contributed by atoms with Gasteiger partial charge in [0.15, 0.2) is 11.5 Å². The van der Waals surface area contributed by atoms with E-state index in [1.54, 1.807) is 18.2 Å². The maximum Gasteiger partial charge on any atom is 0.329 e. The first-order chi connectivity index (χ1) is 12.6. The van der Waals surface area contributed by atoms with Crippen molar-refractivity contribution in [2.24, 2.45) is 0 Å². The van der Waals surface area contributed by atoms with Crippen molar-refractivity contribution in [3.63, 3.8) is 0 Å². The Bertz CT molecular complexity index is 908. The predicted octanol–water partition coefficient (Wildman–Crippen LogP) is 3.31. The van der Waals surface area contributed by atoms with E-state index in [9.17, 15) is 9.59 Å². The van der Waals surface area contributed by atoms with Crippen molar-refractivity contribution in [2.75, 3.05) is 13.2 Å². The molecule has 0 atom stereocenters. The lowest BCUT2D eigenvalue weighted by Crippen LogP contribution is -2.30. The Morgan fingerprint density at radius 2 is 1.77 bits per heavy atom. The topological polar surface area (TPSA) is 67.9 Å². The highest BCUT2D eigenvalue weighted by Crippen LogP contribution is 2.31. The maximum atomic E-state index is 12.6. The second kappa shape index (κ2) is 6.84. The van der Waals surface area contributed by atoms with Gasteiger partial charge in [0.25, 0.3) is 5.91 Å². The van der Waals surface area contributed by atoms with Gasteiger partial charge in [0.1, 0.15) is 18.9 Å². The van der Waals surface area contributed by atoms with Gasteiger partial charge in [0, 0.05) is 4.47 Å². The molecule has 4 rings (SSSR count). The number of ether oxygens (including phenoxy) is 2.